The molecule has 0 saturated carbocycles. The SMILES string of the molecule is CN1CCN(CCCCCCNC(=O)C(N)CCCNC(N)=O)C1=N. The molecule has 1 atom stereocenters. The minimum atomic E-state index is -0.563. The Morgan fingerprint density at radius 2 is 1.80 bits per heavy atom. The maximum Gasteiger partial charge on any atom is 0.312 e. The van der Waals surface area contributed by atoms with Crippen LogP contribution in [0, 0.1) is 5.41 Å². The first-order chi connectivity index (χ1) is 11.9. The fourth-order valence-electron chi connectivity index (χ4n) is 2.73. The molecule has 0 aliphatic carbocycles. The molecule has 25 heavy (non-hydrogen) atoms. The first kappa shape index (κ1) is 21.0. The molecule has 1 aliphatic heterocycles. The largest absolute Gasteiger partial charge is 0.355 e. The molecule has 1 saturated heterocycles. The Labute approximate surface area is 150 Å². The summed E-state index contributed by atoms with van der Waals surface area (Å²) < 4.78 is 0. The van der Waals surface area contributed by atoms with E-state index in [1.807, 2.05) is 11.9 Å². The predicted octanol–water partition coefficient (Wildman–Crippen LogP) is -0.379. The molecule has 1 unspecified atom stereocenters. The first-order valence-electron chi connectivity index (χ1n) is 9.03. The van der Waals surface area contributed by atoms with Gasteiger partial charge in [-0.15, -0.1) is 0 Å². The van der Waals surface area contributed by atoms with Crippen LogP contribution >= 0.6 is 0 Å². The van der Waals surface area contributed by atoms with E-state index >= 15 is 0 Å². The number of amides is 3. The number of nitrogens with two attached hydrogens (primary N) is 2. The summed E-state index contributed by atoms with van der Waals surface area (Å²) in [6, 6.07) is -1.11. The Balaban J connectivity index is 1.95. The highest BCUT2D eigenvalue weighted by molar-refractivity contribution is 5.81. The average molecular weight is 355 g/mol. The van der Waals surface area contributed by atoms with Crippen molar-refractivity contribution in [3.8, 4) is 0 Å². The van der Waals surface area contributed by atoms with Crippen LogP contribution in [-0.4, -0.2) is 73.5 Å². The fraction of sp³-hybridized carbons (Fsp3) is 0.812. The number of hydrogen-bond acceptors (Lipinski definition) is 4. The van der Waals surface area contributed by atoms with Crippen molar-refractivity contribution >= 4 is 17.9 Å². The molecule has 0 bridgehead atoms. The molecule has 144 valence electrons. The van der Waals surface area contributed by atoms with Crippen molar-refractivity contribution in [1.29, 1.82) is 5.41 Å². The molecule has 1 fully saturated rings. The minimum absolute atomic E-state index is 0.146. The van der Waals surface area contributed by atoms with Gasteiger partial charge in [-0.3, -0.25) is 10.2 Å². The first-order valence-corrected chi connectivity index (χ1v) is 9.03. The lowest BCUT2D eigenvalue weighted by atomic mass is 10.1. The van der Waals surface area contributed by atoms with E-state index in [-0.39, 0.29) is 5.91 Å². The maximum absolute atomic E-state index is 11.8. The number of likely N-dealkylation sites (N-methyl/N-ethyl adjacent to an activating group) is 1. The Kier molecular flexibility index (Phi) is 9.68. The number of rotatable bonds is 12. The maximum atomic E-state index is 11.8. The number of carbonyl (C=O) groups excluding carboxylic acids is 2. The van der Waals surface area contributed by atoms with Crippen LogP contribution < -0.4 is 22.1 Å². The van der Waals surface area contributed by atoms with Gasteiger partial charge >= 0.3 is 6.03 Å². The molecule has 9 heteroatoms. The Bertz CT molecular complexity index is 444. The van der Waals surface area contributed by atoms with Gasteiger partial charge in [-0.2, -0.15) is 0 Å². The second kappa shape index (κ2) is 11.5. The monoisotopic (exact) mass is 355 g/mol. The van der Waals surface area contributed by atoms with Gasteiger partial charge in [0.15, 0.2) is 5.96 Å². The zero-order valence-electron chi connectivity index (χ0n) is 15.2. The van der Waals surface area contributed by atoms with Gasteiger partial charge in [-0.05, 0) is 25.7 Å². The van der Waals surface area contributed by atoms with Crippen LogP contribution in [0.5, 0.6) is 0 Å². The molecule has 1 aliphatic rings. The molecule has 0 aromatic carbocycles. The topological polar surface area (TPSA) is 141 Å². The number of guanidine groups is 1. The number of nitrogens with one attached hydrogen (secondary N) is 3. The van der Waals surface area contributed by atoms with Crippen LogP contribution in [0.3, 0.4) is 0 Å². The number of urea groups is 1. The highest BCUT2D eigenvalue weighted by Gasteiger charge is 2.20. The number of hydrogen-bond donors (Lipinski definition) is 5. The zero-order chi connectivity index (χ0) is 18.7. The van der Waals surface area contributed by atoms with E-state index in [9.17, 15) is 9.59 Å². The highest BCUT2D eigenvalue weighted by Crippen LogP contribution is 2.08. The number of carbonyl (C=O) groups is 2. The van der Waals surface area contributed by atoms with Crippen LogP contribution in [0.1, 0.15) is 38.5 Å². The van der Waals surface area contributed by atoms with Crippen LogP contribution in [-0.2, 0) is 4.79 Å². The van der Waals surface area contributed by atoms with Gasteiger partial charge in [0.2, 0.25) is 5.91 Å². The quantitative estimate of drug-likeness (QED) is 0.304. The van der Waals surface area contributed by atoms with Crippen LogP contribution in [0.15, 0.2) is 0 Å². The van der Waals surface area contributed by atoms with E-state index in [2.05, 4.69) is 15.5 Å². The lowest BCUT2D eigenvalue weighted by Crippen LogP contribution is -2.41. The Morgan fingerprint density at radius 3 is 2.44 bits per heavy atom. The van der Waals surface area contributed by atoms with Gasteiger partial charge in [0.05, 0.1) is 6.04 Å². The predicted molar refractivity (Wildman–Crippen MR) is 98.2 cm³/mol. The minimum Gasteiger partial charge on any atom is -0.355 e. The molecule has 0 spiro atoms. The van der Waals surface area contributed by atoms with E-state index in [0.717, 1.165) is 45.3 Å². The van der Waals surface area contributed by atoms with Crippen LogP contribution in [0.25, 0.3) is 0 Å². The summed E-state index contributed by atoms with van der Waals surface area (Å²) in [5.41, 5.74) is 10.8. The van der Waals surface area contributed by atoms with E-state index in [1.165, 1.54) is 0 Å². The summed E-state index contributed by atoms with van der Waals surface area (Å²) in [5.74, 6) is 0.472. The van der Waals surface area contributed by atoms with Crippen molar-refractivity contribution in [3.05, 3.63) is 0 Å². The van der Waals surface area contributed by atoms with Crippen LogP contribution in [0.4, 0.5) is 4.79 Å². The van der Waals surface area contributed by atoms with Crippen molar-refractivity contribution in [2.45, 2.75) is 44.6 Å². The standard InChI is InChI=1S/C16H33N7O2/c1-22-11-12-23(16(22)19)10-5-3-2-4-8-20-14(24)13(17)7-6-9-21-15(18)25/h13,19H,2-12,17H2,1H3,(H,20,24)(H3,18,21,25). The van der Waals surface area contributed by atoms with Gasteiger partial charge in [-0.25, -0.2) is 4.79 Å². The Morgan fingerprint density at radius 1 is 1.12 bits per heavy atom. The molecule has 0 aromatic rings. The third kappa shape index (κ3) is 8.57. The lowest BCUT2D eigenvalue weighted by Gasteiger charge is -2.18. The molecule has 9 nitrogen and oxygen atoms in total. The molecular formula is C16H33N7O2. The Hall–Kier alpha value is -2.03. The second-order valence-electron chi connectivity index (χ2n) is 6.48. The molecule has 1 rings (SSSR count). The van der Waals surface area contributed by atoms with Crippen molar-refractivity contribution in [3.63, 3.8) is 0 Å². The highest BCUT2D eigenvalue weighted by atomic mass is 16.2. The van der Waals surface area contributed by atoms with Gasteiger partial charge in [0.25, 0.3) is 0 Å². The van der Waals surface area contributed by atoms with E-state index in [0.29, 0.717) is 31.9 Å². The van der Waals surface area contributed by atoms with Gasteiger partial charge < -0.3 is 31.9 Å². The van der Waals surface area contributed by atoms with Gasteiger partial charge in [0, 0.05) is 39.8 Å². The summed E-state index contributed by atoms with van der Waals surface area (Å²) in [6.45, 7) is 3.87. The van der Waals surface area contributed by atoms with Gasteiger partial charge in [-0.1, -0.05) is 12.8 Å². The summed E-state index contributed by atoms with van der Waals surface area (Å²) in [6.07, 6.45) is 5.28. The normalized spacial score (nSPS) is 15.4. The summed E-state index contributed by atoms with van der Waals surface area (Å²) >= 11 is 0. The lowest BCUT2D eigenvalue weighted by molar-refractivity contribution is -0.122. The molecule has 3 amide bonds. The fourth-order valence-corrected chi connectivity index (χ4v) is 2.73. The van der Waals surface area contributed by atoms with E-state index in [4.69, 9.17) is 16.9 Å². The van der Waals surface area contributed by atoms with E-state index < -0.39 is 12.1 Å². The zero-order valence-corrected chi connectivity index (χ0v) is 15.2. The summed E-state index contributed by atoms with van der Waals surface area (Å²) in [7, 11) is 1.95. The molecular weight excluding hydrogens is 322 g/mol. The number of primary amides is 1. The van der Waals surface area contributed by atoms with Crippen molar-refractivity contribution < 1.29 is 9.59 Å². The molecule has 1 heterocycles. The van der Waals surface area contributed by atoms with Gasteiger partial charge in [0.1, 0.15) is 0 Å². The average Bonchev–Trinajstić information content (AvgIpc) is 2.89. The molecule has 7 N–H and O–H groups in total. The second-order valence-corrected chi connectivity index (χ2v) is 6.48. The molecule has 0 radical (unpaired) electrons. The third-order valence-electron chi connectivity index (χ3n) is 4.35. The van der Waals surface area contributed by atoms with Crippen molar-refractivity contribution in [1.82, 2.24) is 20.4 Å². The smallest absolute Gasteiger partial charge is 0.312 e. The van der Waals surface area contributed by atoms with Crippen LogP contribution in [0.2, 0.25) is 0 Å². The molecule has 0 aromatic heterocycles. The van der Waals surface area contributed by atoms with E-state index in [1.54, 1.807) is 0 Å². The third-order valence-corrected chi connectivity index (χ3v) is 4.35. The van der Waals surface area contributed by atoms with Crippen molar-refractivity contribution in [2.75, 3.05) is 39.8 Å². The number of unbranched alkanes of at least 4 members (excludes halogenated alkanes) is 3. The summed E-state index contributed by atoms with van der Waals surface area (Å²) in [4.78, 5) is 26.4. The number of nitrogens with zero attached hydrogens (tertiary/aromatic N) is 2. The van der Waals surface area contributed by atoms with Crippen molar-refractivity contribution in [2.24, 2.45) is 11.5 Å². The summed E-state index contributed by atoms with van der Waals surface area (Å²) in [5, 5.41) is 13.2.